The van der Waals surface area contributed by atoms with Gasteiger partial charge in [-0.1, -0.05) is 36.4 Å². The molecule has 0 saturated carbocycles. The van der Waals surface area contributed by atoms with E-state index in [0.717, 1.165) is 38.8 Å². The molecular formula is C22H25F3N2OS. The van der Waals surface area contributed by atoms with Gasteiger partial charge in [-0.15, -0.1) is 11.8 Å². The number of ether oxygens (including phenoxy) is 1. The van der Waals surface area contributed by atoms with Gasteiger partial charge in [0.25, 0.3) is 6.43 Å². The number of thioether (sulfide) groups is 1. The van der Waals surface area contributed by atoms with Crippen molar-refractivity contribution in [2.24, 2.45) is 10.7 Å². The van der Waals surface area contributed by atoms with Gasteiger partial charge in [0.1, 0.15) is 12.4 Å². The minimum atomic E-state index is -2.45. The maximum atomic E-state index is 12.9. The number of nitrogens with zero attached hydrogens (tertiary/aromatic N) is 1. The second kappa shape index (κ2) is 11.1. The molecule has 0 saturated heterocycles. The lowest BCUT2D eigenvalue weighted by atomic mass is 10.1. The molecule has 2 N–H and O–H groups in total. The normalized spacial score (nSPS) is 15.8. The van der Waals surface area contributed by atoms with Crippen LogP contribution in [-0.4, -0.2) is 26.3 Å². The summed E-state index contributed by atoms with van der Waals surface area (Å²) in [6, 6.07) is 12.5. The highest BCUT2D eigenvalue weighted by Gasteiger charge is 2.21. The van der Waals surface area contributed by atoms with Gasteiger partial charge in [0.05, 0.1) is 18.9 Å². The number of aryl methyl sites for hydroxylation is 1. The van der Waals surface area contributed by atoms with E-state index >= 15 is 0 Å². The second-order valence-electron chi connectivity index (χ2n) is 6.39. The van der Waals surface area contributed by atoms with Crippen LogP contribution in [0.3, 0.4) is 0 Å². The Labute approximate surface area is 173 Å². The molecule has 156 valence electrons. The Morgan fingerprint density at radius 1 is 1.28 bits per heavy atom. The van der Waals surface area contributed by atoms with Crippen molar-refractivity contribution in [3.63, 3.8) is 0 Å². The molecule has 7 heteroatoms. The molecule has 0 fully saturated rings. The smallest absolute Gasteiger partial charge is 0.263 e. The van der Waals surface area contributed by atoms with Crippen molar-refractivity contribution in [2.45, 2.75) is 25.8 Å². The lowest BCUT2D eigenvalue weighted by molar-refractivity contribution is 0.151. The number of halogens is 3. The number of hydrogen-bond acceptors (Lipinski definition) is 4. The number of alkyl halides is 3. The van der Waals surface area contributed by atoms with Crippen LogP contribution < -0.4 is 10.5 Å². The molecule has 29 heavy (non-hydrogen) atoms. The minimum absolute atomic E-state index is 0.0596. The topological polar surface area (TPSA) is 47.6 Å². The second-order valence-corrected chi connectivity index (χ2v) is 7.49. The Hall–Kier alpha value is -2.25. The lowest BCUT2D eigenvalue weighted by Gasteiger charge is -2.12. The maximum absolute atomic E-state index is 12.9. The highest BCUT2D eigenvalue weighted by molar-refractivity contribution is 8.08. The Bertz CT molecular complexity index is 871. The molecule has 2 aromatic carbocycles. The Balaban J connectivity index is 0.00000145. The fraction of sp³-hybridized carbons (Fsp3) is 0.318. The molecule has 0 amide bonds. The van der Waals surface area contributed by atoms with Gasteiger partial charge in [-0.3, -0.25) is 9.38 Å². The van der Waals surface area contributed by atoms with Crippen molar-refractivity contribution >= 4 is 23.4 Å². The van der Waals surface area contributed by atoms with Crippen LogP contribution in [0, 0.1) is 0 Å². The highest BCUT2D eigenvalue weighted by atomic mass is 32.2. The molecule has 0 bridgehead atoms. The van der Waals surface area contributed by atoms with Gasteiger partial charge in [-0.2, -0.15) is 0 Å². The van der Waals surface area contributed by atoms with Crippen LogP contribution >= 0.6 is 11.8 Å². The summed E-state index contributed by atoms with van der Waals surface area (Å²) in [7, 11) is 0.500. The third-order valence-corrected chi connectivity index (χ3v) is 5.73. The molecule has 1 aliphatic rings. The van der Waals surface area contributed by atoms with Gasteiger partial charge in [0, 0.05) is 21.8 Å². The van der Waals surface area contributed by atoms with E-state index in [-0.39, 0.29) is 11.6 Å². The fourth-order valence-electron chi connectivity index (χ4n) is 3.00. The first-order chi connectivity index (χ1) is 14.0. The van der Waals surface area contributed by atoms with E-state index in [1.807, 2.05) is 31.2 Å². The standard InChI is InChI=1S/C21H22F2N2OS.CH3F/c1-13(25-2)20(15-6-7-17-18(24)12-26-19(17)11-15)27-9-8-14-4-3-5-16(10-14)21(22)23;1-2/h3-7,10-11,18,21H,2,8-9,12,24H2,1H3;1H3/b20-13-;. The molecule has 0 aromatic heterocycles. The predicted octanol–water partition coefficient (Wildman–Crippen LogP) is 5.97. The van der Waals surface area contributed by atoms with Crippen LogP contribution in [0.15, 0.2) is 53.2 Å². The summed E-state index contributed by atoms with van der Waals surface area (Å²) in [5.74, 6) is 1.55. The van der Waals surface area contributed by atoms with E-state index in [1.165, 1.54) is 6.07 Å². The van der Waals surface area contributed by atoms with Crippen LogP contribution in [0.2, 0.25) is 0 Å². The molecule has 1 unspecified atom stereocenters. The Morgan fingerprint density at radius 2 is 2.03 bits per heavy atom. The maximum Gasteiger partial charge on any atom is 0.263 e. The molecule has 1 aliphatic heterocycles. The third kappa shape index (κ3) is 5.87. The lowest BCUT2D eigenvalue weighted by Crippen LogP contribution is -2.10. The molecule has 1 atom stereocenters. The summed E-state index contributed by atoms with van der Waals surface area (Å²) >= 11 is 1.63. The van der Waals surface area contributed by atoms with Crippen LogP contribution in [0.1, 0.15) is 41.6 Å². The first-order valence-corrected chi connectivity index (χ1v) is 10.1. The largest absolute Gasteiger partial charge is 0.491 e. The van der Waals surface area contributed by atoms with Crippen molar-refractivity contribution in [2.75, 3.05) is 19.5 Å². The summed E-state index contributed by atoms with van der Waals surface area (Å²) in [6.07, 6.45) is -1.76. The molecule has 3 nitrogen and oxygen atoms in total. The number of benzene rings is 2. The third-order valence-electron chi connectivity index (χ3n) is 4.50. The van der Waals surface area contributed by atoms with Gasteiger partial charge in [-0.25, -0.2) is 8.78 Å². The summed E-state index contributed by atoms with van der Waals surface area (Å²) < 4.78 is 40.9. The molecule has 3 rings (SSSR count). The van der Waals surface area contributed by atoms with Crippen molar-refractivity contribution in [1.82, 2.24) is 0 Å². The molecule has 0 radical (unpaired) electrons. The van der Waals surface area contributed by atoms with Crippen molar-refractivity contribution in [3.8, 4) is 5.75 Å². The molecule has 0 spiro atoms. The molecule has 2 aromatic rings. The van der Waals surface area contributed by atoms with E-state index in [2.05, 4.69) is 11.7 Å². The van der Waals surface area contributed by atoms with Gasteiger partial charge < -0.3 is 10.5 Å². The zero-order valence-corrected chi connectivity index (χ0v) is 17.3. The minimum Gasteiger partial charge on any atom is -0.491 e. The monoisotopic (exact) mass is 422 g/mol. The van der Waals surface area contributed by atoms with Crippen molar-refractivity contribution in [3.05, 3.63) is 70.4 Å². The zero-order chi connectivity index (χ0) is 21.4. The molecule has 0 aliphatic carbocycles. The fourth-order valence-corrected chi connectivity index (χ4v) is 4.11. The summed E-state index contributed by atoms with van der Waals surface area (Å²) in [5, 5.41) is 0. The average molecular weight is 423 g/mol. The summed E-state index contributed by atoms with van der Waals surface area (Å²) in [5.41, 5.74) is 9.80. The van der Waals surface area contributed by atoms with Crippen LogP contribution in [-0.2, 0) is 6.42 Å². The number of fused-ring (bicyclic) bond motifs is 1. The Kier molecular flexibility index (Phi) is 8.79. The van der Waals surface area contributed by atoms with Crippen LogP contribution in [0.5, 0.6) is 5.75 Å². The first kappa shape index (κ1) is 23.0. The SMILES string of the molecule is C=N/C(C)=C(\SCCc1cccc(C(F)F)c1)c1ccc2c(c1)OCC2N.CF. The number of hydrogen-bond donors (Lipinski definition) is 1. The summed E-state index contributed by atoms with van der Waals surface area (Å²) in [4.78, 5) is 5.08. The predicted molar refractivity (Wildman–Crippen MR) is 116 cm³/mol. The van der Waals surface area contributed by atoms with Gasteiger partial charge in [-0.05, 0) is 37.3 Å². The van der Waals surface area contributed by atoms with Gasteiger partial charge in [0.15, 0.2) is 0 Å². The van der Waals surface area contributed by atoms with Crippen molar-refractivity contribution < 1.29 is 17.9 Å². The number of nitrogens with two attached hydrogens (primary N) is 1. The quantitative estimate of drug-likeness (QED) is 0.560. The Morgan fingerprint density at radius 3 is 2.72 bits per heavy atom. The van der Waals surface area contributed by atoms with E-state index in [9.17, 15) is 13.2 Å². The van der Waals surface area contributed by atoms with Crippen LogP contribution in [0.4, 0.5) is 13.2 Å². The average Bonchev–Trinajstić information content (AvgIpc) is 3.12. The van der Waals surface area contributed by atoms with E-state index in [1.54, 1.807) is 23.9 Å². The zero-order valence-electron chi connectivity index (χ0n) is 16.5. The number of aliphatic imine (C=N–C) groups is 1. The molecular weight excluding hydrogens is 397 g/mol. The van der Waals surface area contributed by atoms with Crippen LogP contribution in [0.25, 0.3) is 4.91 Å². The number of rotatable bonds is 7. The van der Waals surface area contributed by atoms with E-state index in [0.29, 0.717) is 20.2 Å². The van der Waals surface area contributed by atoms with Crippen molar-refractivity contribution in [1.29, 1.82) is 0 Å². The van der Waals surface area contributed by atoms with Gasteiger partial charge >= 0.3 is 0 Å². The van der Waals surface area contributed by atoms with E-state index < -0.39 is 6.43 Å². The highest BCUT2D eigenvalue weighted by Crippen LogP contribution is 2.38. The van der Waals surface area contributed by atoms with Gasteiger partial charge in [0.2, 0.25) is 0 Å². The van der Waals surface area contributed by atoms with E-state index in [4.69, 9.17) is 10.5 Å². The summed E-state index contributed by atoms with van der Waals surface area (Å²) in [6.45, 7) is 6.03. The number of allylic oxidation sites excluding steroid dienone is 1. The molecule has 1 heterocycles. The first-order valence-electron chi connectivity index (χ1n) is 9.07.